The quantitative estimate of drug-likeness (QED) is 0.699. The minimum Gasteiger partial charge on any atom is -0.356 e. The van der Waals surface area contributed by atoms with Crippen LogP contribution in [-0.4, -0.2) is 63.6 Å². The molecule has 2 N–H and O–H groups in total. The highest BCUT2D eigenvalue weighted by atomic mass is 32.2. The van der Waals surface area contributed by atoms with Gasteiger partial charge in [0.2, 0.25) is 15.9 Å². The predicted octanol–water partition coefficient (Wildman–Crippen LogP) is -0.750. The normalized spacial score (nSPS) is 21.4. The van der Waals surface area contributed by atoms with Crippen LogP contribution >= 0.6 is 0 Å². The molecule has 24 heavy (non-hydrogen) atoms. The maximum absolute atomic E-state index is 12.4. The molecule has 132 valence electrons. The highest BCUT2D eigenvalue weighted by molar-refractivity contribution is 7.88. The summed E-state index contributed by atoms with van der Waals surface area (Å²) in [5.41, 5.74) is 0.763. The maximum Gasteiger partial charge on any atom is 0.251 e. The van der Waals surface area contributed by atoms with E-state index in [1.807, 2.05) is 18.2 Å². The molecular weight excluding hydrogens is 334 g/mol. The van der Waals surface area contributed by atoms with Crippen molar-refractivity contribution in [2.75, 3.05) is 33.0 Å². The molecule has 1 aliphatic rings. The first kappa shape index (κ1) is 18.4. The summed E-state index contributed by atoms with van der Waals surface area (Å²) in [7, 11) is -1.86. The van der Waals surface area contributed by atoms with Crippen LogP contribution in [0.3, 0.4) is 0 Å². The number of ether oxygens (including phenoxy) is 1. The van der Waals surface area contributed by atoms with Gasteiger partial charge in [0.15, 0.2) is 6.10 Å². The van der Waals surface area contributed by atoms with Gasteiger partial charge in [-0.2, -0.15) is 0 Å². The summed E-state index contributed by atoms with van der Waals surface area (Å²) in [4.78, 5) is 24.0. The van der Waals surface area contributed by atoms with E-state index in [0.29, 0.717) is 0 Å². The lowest BCUT2D eigenvalue weighted by atomic mass is 9.99. The van der Waals surface area contributed by atoms with Gasteiger partial charge in [0.25, 0.3) is 5.91 Å². The van der Waals surface area contributed by atoms with E-state index in [0.717, 1.165) is 16.1 Å². The Balaban J connectivity index is 1.99. The molecule has 1 fully saturated rings. The zero-order chi connectivity index (χ0) is 17.7. The second-order valence-corrected chi connectivity index (χ2v) is 7.65. The number of carbonyl (C=O) groups excluding carboxylic acids is 2. The van der Waals surface area contributed by atoms with Crippen molar-refractivity contribution in [2.45, 2.75) is 12.1 Å². The first-order valence-electron chi connectivity index (χ1n) is 7.44. The zero-order valence-electron chi connectivity index (χ0n) is 13.6. The third-order valence-corrected chi connectivity index (χ3v) is 5.04. The van der Waals surface area contributed by atoms with Crippen LogP contribution in [-0.2, 0) is 24.3 Å². The van der Waals surface area contributed by atoms with Gasteiger partial charge in [-0.15, -0.1) is 0 Å². The van der Waals surface area contributed by atoms with E-state index >= 15 is 0 Å². The molecule has 0 radical (unpaired) electrons. The number of carbonyl (C=O) groups is 2. The van der Waals surface area contributed by atoms with Gasteiger partial charge in [-0.25, -0.2) is 12.7 Å². The van der Waals surface area contributed by atoms with E-state index in [1.165, 1.54) is 7.05 Å². The highest BCUT2D eigenvalue weighted by Gasteiger charge is 2.35. The molecule has 0 saturated carbocycles. The van der Waals surface area contributed by atoms with Crippen molar-refractivity contribution in [1.29, 1.82) is 0 Å². The predicted molar refractivity (Wildman–Crippen MR) is 87.5 cm³/mol. The molecule has 0 bridgehead atoms. The van der Waals surface area contributed by atoms with E-state index in [9.17, 15) is 18.0 Å². The molecular formula is C15H21N3O5S. The molecule has 0 spiro atoms. The SMILES string of the molecule is CN(CCNC(=O)[C@H]1OCC(=O)N[C@@H]1c1ccccc1)S(C)(=O)=O. The summed E-state index contributed by atoms with van der Waals surface area (Å²) >= 11 is 0. The number of sulfonamides is 1. The van der Waals surface area contributed by atoms with Gasteiger partial charge in [-0.1, -0.05) is 30.3 Å². The van der Waals surface area contributed by atoms with Gasteiger partial charge in [-0.05, 0) is 5.56 Å². The fourth-order valence-corrected chi connectivity index (χ4v) is 2.72. The number of amides is 2. The first-order chi connectivity index (χ1) is 11.3. The second-order valence-electron chi connectivity index (χ2n) is 5.56. The fourth-order valence-electron chi connectivity index (χ4n) is 2.30. The fraction of sp³-hybridized carbons (Fsp3) is 0.467. The van der Waals surface area contributed by atoms with E-state index in [4.69, 9.17) is 4.74 Å². The molecule has 1 aliphatic heterocycles. The van der Waals surface area contributed by atoms with Crippen molar-refractivity contribution in [3.8, 4) is 0 Å². The van der Waals surface area contributed by atoms with Crippen LogP contribution in [0.2, 0.25) is 0 Å². The van der Waals surface area contributed by atoms with Gasteiger partial charge in [-0.3, -0.25) is 9.59 Å². The van der Waals surface area contributed by atoms with Crippen molar-refractivity contribution in [1.82, 2.24) is 14.9 Å². The molecule has 0 aromatic heterocycles. The van der Waals surface area contributed by atoms with Crippen molar-refractivity contribution in [3.05, 3.63) is 35.9 Å². The van der Waals surface area contributed by atoms with Crippen molar-refractivity contribution < 1.29 is 22.7 Å². The third kappa shape index (κ3) is 4.76. The number of hydrogen-bond acceptors (Lipinski definition) is 5. The molecule has 0 unspecified atom stereocenters. The smallest absolute Gasteiger partial charge is 0.251 e. The van der Waals surface area contributed by atoms with Crippen LogP contribution in [0.5, 0.6) is 0 Å². The van der Waals surface area contributed by atoms with Crippen molar-refractivity contribution in [2.24, 2.45) is 0 Å². The lowest BCUT2D eigenvalue weighted by Gasteiger charge is -2.31. The number of rotatable bonds is 6. The number of morpholine rings is 1. The number of nitrogens with one attached hydrogen (secondary N) is 2. The summed E-state index contributed by atoms with van der Waals surface area (Å²) in [5, 5.41) is 5.40. The van der Waals surface area contributed by atoms with Crippen LogP contribution in [0, 0.1) is 0 Å². The molecule has 2 amide bonds. The second kappa shape index (κ2) is 7.73. The van der Waals surface area contributed by atoms with E-state index in [-0.39, 0.29) is 25.6 Å². The van der Waals surface area contributed by atoms with Gasteiger partial charge >= 0.3 is 0 Å². The van der Waals surface area contributed by atoms with Gasteiger partial charge in [0.05, 0.1) is 12.3 Å². The minimum atomic E-state index is -3.29. The summed E-state index contributed by atoms with van der Waals surface area (Å²) in [6, 6.07) is 8.48. The number of hydrogen-bond donors (Lipinski definition) is 2. The molecule has 2 atom stereocenters. The Hall–Kier alpha value is -1.97. The van der Waals surface area contributed by atoms with Crippen LogP contribution in [0.1, 0.15) is 11.6 Å². The van der Waals surface area contributed by atoms with Gasteiger partial charge < -0.3 is 15.4 Å². The molecule has 1 saturated heterocycles. The van der Waals surface area contributed by atoms with Crippen LogP contribution < -0.4 is 10.6 Å². The Morgan fingerprint density at radius 1 is 1.38 bits per heavy atom. The lowest BCUT2D eigenvalue weighted by Crippen LogP contribution is -2.53. The van der Waals surface area contributed by atoms with E-state index in [1.54, 1.807) is 12.1 Å². The lowest BCUT2D eigenvalue weighted by molar-refractivity contribution is -0.148. The molecule has 1 aromatic carbocycles. The number of likely N-dealkylation sites (N-methyl/N-ethyl adjacent to an activating group) is 1. The van der Waals surface area contributed by atoms with Crippen LogP contribution in [0.4, 0.5) is 0 Å². The topological polar surface area (TPSA) is 105 Å². The van der Waals surface area contributed by atoms with Gasteiger partial charge in [0.1, 0.15) is 6.61 Å². The Bertz CT molecular complexity index is 692. The van der Waals surface area contributed by atoms with E-state index in [2.05, 4.69) is 10.6 Å². The molecule has 1 aromatic rings. The van der Waals surface area contributed by atoms with Crippen molar-refractivity contribution in [3.63, 3.8) is 0 Å². The summed E-state index contributed by atoms with van der Waals surface area (Å²) in [5.74, 6) is -0.685. The molecule has 2 rings (SSSR count). The van der Waals surface area contributed by atoms with Gasteiger partial charge in [0, 0.05) is 20.1 Å². The van der Waals surface area contributed by atoms with Crippen LogP contribution in [0.15, 0.2) is 30.3 Å². The molecule has 8 nitrogen and oxygen atoms in total. The Morgan fingerprint density at radius 3 is 2.67 bits per heavy atom. The van der Waals surface area contributed by atoms with E-state index < -0.39 is 28.1 Å². The zero-order valence-corrected chi connectivity index (χ0v) is 14.4. The van der Waals surface area contributed by atoms with Crippen LogP contribution in [0.25, 0.3) is 0 Å². The maximum atomic E-state index is 12.4. The Labute approximate surface area is 141 Å². The molecule has 1 heterocycles. The highest BCUT2D eigenvalue weighted by Crippen LogP contribution is 2.22. The Kier molecular flexibility index (Phi) is 5.92. The number of benzene rings is 1. The average molecular weight is 355 g/mol. The summed E-state index contributed by atoms with van der Waals surface area (Å²) in [6.45, 7) is 0.113. The minimum absolute atomic E-state index is 0.151. The number of nitrogens with zero attached hydrogens (tertiary/aromatic N) is 1. The summed E-state index contributed by atoms with van der Waals surface area (Å²) in [6.07, 6.45) is 0.230. The van der Waals surface area contributed by atoms with Crippen molar-refractivity contribution >= 4 is 21.8 Å². The monoisotopic (exact) mass is 355 g/mol. The molecule has 0 aliphatic carbocycles. The third-order valence-electron chi connectivity index (χ3n) is 3.72. The standard InChI is InChI=1S/C15H21N3O5S/c1-18(24(2,21)22)9-8-16-15(20)14-13(17-12(19)10-23-14)11-6-4-3-5-7-11/h3-7,13-14H,8-10H2,1-2H3,(H,16,20)(H,17,19)/t13-,14+/m1/s1. The first-order valence-corrected chi connectivity index (χ1v) is 9.29. The Morgan fingerprint density at radius 2 is 2.04 bits per heavy atom. The molecule has 9 heteroatoms. The average Bonchev–Trinajstić information content (AvgIpc) is 2.54. The largest absolute Gasteiger partial charge is 0.356 e. The summed E-state index contributed by atoms with van der Waals surface area (Å²) < 4.78 is 29.2.